The second-order valence-electron chi connectivity index (χ2n) is 2.49. The molecule has 0 aromatic rings. The number of ketones is 1. The number of carboxylic acid groups (broad SMARTS) is 1. The molecule has 0 radical (unpaired) electrons. The number of carbonyl (C=O) groups excluding carboxylic acids is 1. The van der Waals surface area contributed by atoms with Gasteiger partial charge < -0.3 is 5.11 Å². The standard InChI is InChI=1S/C6H9BrO3/c1-6(2,5(9)10)4(8)3-7/h3H2,1-2H3,(H,9,10). The lowest BCUT2D eigenvalue weighted by Gasteiger charge is -2.14. The van der Waals surface area contributed by atoms with Gasteiger partial charge in [-0.05, 0) is 13.8 Å². The molecule has 58 valence electrons. The van der Waals surface area contributed by atoms with Crippen LogP contribution in [0.4, 0.5) is 0 Å². The molecule has 0 amide bonds. The molecule has 0 fully saturated rings. The van der Waals surface area contributed by atoms with Crippen molar-refractivity contribution in [3.05, 3.63) is 0 Å². The summed E-state index contributed by atoms with van der Waals surface area (Å²) in [7, 11) is 0. The zero-order chi connectivity index (χ0) is 8.36. The summed E-state index contributed by atoms with van der Waals surface area (Å²) in [5, 5.41) is 8.59. The maximum Gasteiger partial charge on any atom is 0.316 e. The quantitative estimate of drug-likeness (QED) is 0.558. The molecule has 0 heterocycles. The van der Waals surface area contributed by atoms with Gasteiger partial charge in [-0.25, -0.2) is 0 Å². The third kappa shape index (κ3) is 1.80. The van der Waals surface area contributed by atoms with E-state index in [0.717, 1.165) is 0 Å². The highest BCUT2D eigenvalue weighted by atomic mass is 79.9. The van der Waals surface area contributed by atoms with Gasteiger partial charge in [0.25, 0.3) is 0 Å². The Morgan fingerprint density at radius 3 is 2.00 bits per heavy atom. The lowest BCUT2D eigenvalue weighted by molar-refractivity contribution is -0.151. The lowest BCUT2D eigenvalue weighted by Crippen LogP contribution is -2.33. The summed E-state index contributed by atoms with van der Waals surface area (Å²) < 4.78 is 0. The molecule has 3 nitrogen and oxygen atoms in total. The van der Waals surface area contributed by atoms with Gasteiger partial charge >= 0.3 is 5.97 Å². The van der Waals surface area contributed by atoms with Gasteiger partial charge in [-0.3, -0.25) is 9.59 Å². The van der Waals surface area contributed by atoms with Gasteiger partial charge in [0.15, 0.2) is 5.78 Å². The fraction of sp³-hybridized carbons (Fsp3) is 0.667. The van der Waals surface area contributed by atoms with Crippen LogP contribution >= 0.6 is 15.9 Å². The molecule has 0 unspecified atom stereocenters. The first-order valence-corrected chi connectivity index (χ1v) is 3.87. The van der Waals surface area contributed by atoms with Crippen molar-refractivity contribution in [1.82, 2.24) is 0 Å². The van der Waals surface area contributed by atoms with Crippen molar-refractivity contribution in [3.8, 4) is 0 Å². The molecule has 0 aliphatic carbocycles. The Bertz CT molecular complexity index is 162. The summed E-state index contributed by atoms with van der Waals surface area (Å²) in [6.45, 7) is 2.78. The molecule has 10 heavy (non-hydrogen) atoms. The SMILES string of the molecule is CC(C)(C(=O)O)C(=O)CBr. The van der Waals surface area contributed by atoms with E-state index < -0.39 is 11.4 Å². The molecule has 0 aromatic carbocycles. The number of hydrogen-bond donors (Lipinski definition) is 1. The van der Waals surface area contributed by atoms with Crippen molar-refractivity contribution in [2.24, 2.45) is 5.41 Å². The minimum Gasteiger partial charge on any atom is -0.481 e. The highest BCUT2D eigenvalue weighted by molar-refractivity contribution is 9.09. The number of halogens is 1. The second kappa shape index (κ2) is 3.14. The molecular weight excluding hydrogens is 200 g/mol. The van der Waals surface area contributed by atoms with Gasteiger partial charge in [-0.1, -0.05) is 15.9 Å². The Kier molecular flexibility index (Phi) is 3.02. The summed E-state index contributed by atoms with van der Waals surface area (Å²) in [5.41, 5.74) is -1.26. The molecule has 4 heteroatoms. The molecule has 1 N–H and O–H groups in total. The molecule has 0 aliphatic rings. The van der Waals surface area contributed by atoms with Crippen LogP contribution in [-0.2, 0) is 9.59 Å². The number of carbonyl (C=O) groups is 2. The average Bonchev–Trinajstić information content (AvgIpc) is 1.86. The first-order chi connectivity index (χ1) is 4.42. The number of alkyl halides is 1. The Morgan fingerprint density at radius 2 is 1.90 bits per heavy atom. The molecule has 0 atom stereocenters. The number of carboxylic acids is 1. The van der Waals surface area contributed by atoms with Crippen molar-refractivity contribution in [2.45, 2.75) is 13.8 Å². The van der Waals surface area contributed by atoms with Gasteiger partial charge in [0, 0.05) is 0 Å². The molecular formula is C6H9BrO3. The fourth-order valence-electron chi connectivity index (χ4n) is 0.286. The van der Waals surface area contributed by atoms with Gasteiger partial charge in [0.1, 0.15) is 5.41 Å². The third-order valence-corrected chi connectivity index (χ3v) is 1.86. The van der Waals surface area contributed by atoms with Crippen LogP contribution in [0.3, 0.4) is 0 Å². The normalized spacial score (nSPS) is 11.1. The number of Topliss-reactive ketones (excluding diaryl/α,β-unsaturated/α-hetero) is 1. The topological polar surface area (TPSA) is 54.4 Å². The number of rotatable bonds is 3. The van der Waals surface area contributed by atoms with E-state index in [-0.39, 0.29) is 11.1 Å². The van der Waals surface area contributed by atoms with Crippen molar-refractivity contribution in [1.29, 1.82) is 0 Å². The van der Waals surface area contributed by atoms with E-state index in [0.29, 0.717) is 0 Å². The van der Waals surface area contributed by atoms with E-state index in [2.05, 4.69) is 15.9 Å². The lowest BCUT2D eigenvalue weighted by atomic mass is 9.89. The Labute approximate surface area is 67.5 Å². The minimum absolute atomic E-state index is 0.0896. The molecule has 0 bridgehead atoms. The van der Waals surface area contributed by atoms with Crippen molar-refractivity contribution in [2.75, 3.05) is 5.33 Å². The molecule has 0 aromatic heterocycles. The Balaban J connectivity index is 4.40. The van der Waals surface area contributed by atoms with Crippen LogP contribution in [0.15, 0.2) is 0 Å². The van der Waals surface area contributed by atoms with Crippen LogP contribution in [-0.4, -0.2) is 22.2 Å². The summed E-state index contributed by atoms with van der Waals surface area (Å²) in [4.78, 5) is 21.2. The van der Waals surface area contributed by atoms with Crippen LogP contribution in [0.5, 0.6) is 0 Å². The van der Waals surface area contributed by atoms with Crippen molar-refractivity contribution >= 4 is 27.7 Å². The second-order valence-corrected chi connectivity index (χ2v) is 3.05. The van der Waals surface area contributed by atoms with E-state index in [1.54, 1.807) is 0 Å². The van der Waals surface area contributed by atoms with Crippen LogP contribution in [0.2, 0.25) is 0 Å². The highest BCUT2D eigenvalue weighted by Crippen LogP contribution is 2.17. The van der Waals surface area contributed by atoms with Crippen molar-refractivity contribution in [3.63, 3.8) is 0 Å². The minimum atomic E-state index is -1.26. The Morgan fingerprint density at radius 1 is 1.50 bits per heavy atom. The van der Waals surface area contributed by atoms with E-state index in [9.17, 15) is 9.59 Å². The Hall–Kier alpha value is -0.380. The van der Waals surface area contributed by atoms with Crippen molar-refractivity contribution < 1.29 is 14.7 Å². The molecule has 0 spiro atoms. The number of hydrogen-bond acceptors (Lipinski definition) is 2. The average molecular weight is 209 g/mol. The summed E-state index contributed by atoms with van der Waals surface area (Å²) in [6, 6.07) is 0. The van der Waals surface area contributed by atoms with E-state index in [1.807, 2.05) is 0 Å². The summed E-state index contributed by atoms with van der Waals surface area (Å²) in [6.07, 6.45) is 0. The smallest absolute Gasteiger partial charge is 0.316 e. The van der Waals surface area contributed by atoms with Gasteiger partial charge in [-0.2, -0.15) is 0 Å². The summed E-state index contributed by atoms with van der Waals surface area (Å²) in [5.74, 6) is -1.41. The molecule has 0 saturated carbocycles. The molecule has 0 saturated heterocycles. The maximum absolute atomic E-state index is 10.8. The van der Waals surface area contributed by atoms with Crippen LogP contribution in [0, 0.1) is 5.41 Å². The monoisotopic (exact) mass is 208 g/mol. The van der Waals surface area contributed by atoms with E-state index in [4.69, 9.17) is 5.11 Å². The van der Waals surface area contributed by atoms with Crippen LogP contribution < -0.4 is 0 Å². The molecule has 0 rings (SSSR count). The third-order valence-electron chi connectivity index (χ3n) is 1.35. The first kappa shape index (κ1) is 9.62. The highest BCUT2D eigenvalue weighted by Gasteiger charge is 2.34. The van der Waals surface area contributed by atoms with Crippen LogP contribution in [0.25, 0.3) is 0 Å². The van der Waals surface area contributed by atoms with Crippen LogP contribution in [0.1, 0.15) is 13.8 Å². The predicted molar refractivity (Wildman–Crippen MR) is 40.2 cm³/mol. The molecule has 0 aliphatic heterocycles. The number of aliphatic carboxylic acids is 1. The maximum atomic E-state index is 10.8. The predicted octanol–water partition coefficient (Wildman–Crippen LogP) is 1.06. The largest absolute Gasteiger partial charge is 0.481 e. The zero-order valence-corrected chi connectivity index (χ0v) is 7.43. The van der Waals surface area contributed by atoms with Gasteiger partial charge in [-0.15, -0.1) is 0 Å². The fourth-order valence-corrected chi connectivity index (χ4v) is 0.987. The van der Waals surface area contributed by atoms with Gasteiger partial charge in [0.2, 0.25) is 0 Å². The van der Waals surface area contributed by atoms with Gasteiger partial charge in [0.05, 0.1) is 5.33 Å². The van der Waals surface area contributed by atoms with E-state index in [1.165, 1.54) is 13.8 Å². The van der Waals surface area contributed by atoms with E-state index >= 15 is 0 Å². The zero-order valence-electron chi connectivity index (χ0n) is 5.85. The first-order valence-electron chi connectivity index (χ1n) is 2.75. The summed E-state index contributed by atoms with van der Waals surface area (Å²) >= 11 is 2.91.